The molecule has 1 saturated heterocycles. The highest BCUT2D eigenvalue weighted by Gasteiger charge is 2.51. The Morgan fingerprint density at radius 1 is 1.34 bits per heavy atom. The van der Waals surface area contributed by atoms with Gasteiger partial charge in [0.1, 0.15) is 11.2 Å². The number of hydrogen-bond donors (Lipinski definition) is 3. The van der Waals surface area contributed by atoms with Crippen molar-refractivity contribution in [3.8, 4) is 0 Å². The first-order chi connectivity index (χ1) is 13.8. The zero-order valence-corrected chi connectivity index (χ0v) is 16.1. The third-order valence-electron chi connectivity index (χ3n) is 5.21. The van der Waals surface area contributed by atoms with Gasteiger partial charge in [-0.1, -0.05) is 30.9 Å². The molecule has 3 rings (SSSR count). The Labute approximate surface area is 168 Å². The second kappa shape index (κ2) is 8.14. The molecule has 0 bridgehead atoms. The fourth-order valence-electron chi connectivity index (χ4n) is 3.88. The quantitative estimate of drug-likeness (QED) is 0.562. The van der Waals surface area contributed by atoms with Crippen molar-refractivity contribution in [2.75, 3.05) is 19.8 Å². The summed E-state index contributed by atoms with van der Waals surface area (Å²) in [5, 5.41) is 30.8. The lowest BCUT2D eigenvalue weighted by atomic mass is 9.81. The van der Waals surface area contributed by atoms with Gasteiger partial charge in [0.15, 0.2) is 17.9 Å². The van der Waals surface area contributed by atoms with Crippen LogP contribution >= 0.6 is 0 Å². The predicted octanol–water partition coefficient (Wildman–Crippen LogP) is 0.693. The molecular formula is C22H24O7. The Hall–Kier alpha value is -2.42. The highest BCUT2D eigenvalue weighted by atomic mass is 16.7. The van der Waals surface area contributed by atoms with E-state index >= 15 is 0 Å². The Morgan fingerprint density at radius 2 is 2.10 bits per heavy atom. The summed E-state index contributed by atoms with van der Waals surface area (Å²) in [6.45, 7) is 4.49. The van der Waals surface area contributed by atoms with Gasteiger partial charge in [-0.05, 0) is 42.4 Å². The van der Waals surface area contributed by atoms with Gasteiger partial charge >= 0.3 is 0 Å². The number of allylic oxidation sites excluding steroid dienone is 5. The molecule has 7 heteroatoms. The third kappa shape index (κ3) is 3.75. The van der Waals surface area contributed by atoms with Crippen molar-refractivity contribution in [2.45, 2.75) is 24.4 Å². The number of aliphatic hydroxyl groups excluding tert-OH is 1. The Balaban J connectivity index is 1.88. The van der Waals surface area contributed by atoms with E-state index in [0.29, 0.717) is 11.1 Å². The summed E-state index contributed by atoms with van der Waals surface area (Å²) in [5.41, 5.74) is -2.40. The van der Waals surface area contributed by atoms with E-state index in [2.05, 4.69) is 6.58 Å². The van der Waals surface area contributed by atoms with Crippen LogP contribution in [0.15, 0.2) is 71.9 Å². The predicted molar refractivity (Wildman–Crippen MR) is 105 cm³/mol. The van der Waals surface area contributed by atoms with Gasteiger partial charge in [-0.2, -0.15) is 0 Å². The van der Waals surface area contributed by atoms with Crippen LogP contribution in [0.3, 0.4) is 0 Å². The zero-order chi connectivity index (χ0) is 21.2. The van der Waals surface area contributed by atoms with Gasteiger partial charge in [-0.25, -0.2) is 0 Å². The van der Waals surface area contributed by atoms with Crippen molar-refractivity contribution in [1.29, 1.82) is 0 Å². The summed E-state index contributed by atoms with van der Waals surface area (Å²) >= 11 is 0. The second-order valence-electron chi connectivity index (χ2n) is 7.20. The molecule has 0 aromatic rings. The lowest BCUT2D eigenvalue weighted by Gasteiger charge is -2.39. The molecule has 0 amide bonds. The van der Waals surface area contributed by atoms with E-state index < -0.39 is 35.8 Å². The molecule has 154 valence electrons. The summed E-state index contributed by atoms with van der Waals surface area (Å²) in [7, 11) is 0. The van der Waals surface area contributed by atoms with Crippen LogP contribution in [0.2, 0.25) is 0 Å². The van der Waals surface area contributed by atoms with Gasteiger partial charge in [0.25, 0.3) is 0 Å². The molecule has 1 aliphatic heterocycles. The number of aliphatic hydroxyl groups is 3. The standard InChI is InChI=1S/C22H24O7/c1-3-5-14(18-16(24)7-9-21(18,26)12-23)11-28-20-15(6-4-2)19-17(25)8-10-22(19,27)13-29-20/h3-10,19-20,23,26-27H,2,11-13H2,1H3/b5-3+,15-6+,18-14-/t19?,20?,21-,22?/m0/s1. The van der Waals surface area contributed by atoms with Crippen LogP contribution in [0.25, 0.3) is 0 Å². The van der Waals surface area contributed by atoms with E-state index in [9.17, 15) is 24.9 Å². The van der Waals surface area contributed by atoms with Crippen molar-refractivity contribution >= 4 is 11.6 Å². The molecule has 2 aliphatic carbocycles. The largest absolute Gasteiger partial charge is 0.393 e. The monoisotopic (exact) mass is 400 g/mol. The minimum atomic E-state index is -1.78. The average Bonchev–Trinajstić information content (AvgIpc) is 3.17. The van der Waals surface area contributed by atoms with E-state index in [-0.39, 0.29) is 24.6 Å². The summed E-state index contributed by atoms with van der Waals surface area (Å²) < 4.78 is 11.5. The van der Waals surface area contributed by atoms with Crippen LogP contribution in [0.5, 0.6) is 0 Å². The fraction of sp³-hybridized carbons (Fsp3) is 0.364. The summed E-state index contributed by atoms with van der Waals surface area (Å²) in [6.07, 6.45) is 10.6. The molecule has 3 N–H and O–H groups in total. The molecule has 1 heterocycles. The van der Waals surface area contributed by atoms with Crippen molar-refractivity contribution in [3.05, 3.63) is 71.9 Å². The van der Waals surface area contributed by atoms with E-state index in [1.807, 2.05) is 0 Å². The maximum Gasteiger partial charge on any atom is 0.185 e. The lowest BCUT2D eigenvalue weighted by Crippen LogP contribution is -2.50. The van der Waals surface area contributed by atoms with Crippen LogP contribution in [0.1, 0.15) is 6.92 Å². The molecule has 0 radical (unpaired) electrons. The number of hydrogen-bond acceptors (Lipinski definition) is 7. The number of carbonyl (C=O) groups is 2. The van der Waals surface area contributed by atoms with E-state index in [1.165, 1.54) is 30.4 Å². The number of ether oxygens (including phenoxy) is 2. The topological polar surface area (TPSA) is 113 Å². The van der Waals surface area contributed by atoms with Crippen molar-refractivity contribution in [3.63, 3.8) is 0 Å². The van der Waals surface area contributed by atoms with E-state index in [1.54, 1.807) is 25.2 Å². The Bertz CT molecular complexity index is 876. The minimum Gasteiger partial charge on any atom is -0.393 e. The Morgan fingerprint density at radius 3 is 2.76 bits per heavy atom. The molecule has 3 aliphatic rings. The first-order valence-corrected chi connectivity index (χ1v) is 9.24. The summed E-state index contributed by atoms with van der Waals surface area (Å²) in [4.78, 5) is 24.6. The fourth-order valence-corrected chi connectivity index (χ4v) is 3.88. The van der Waals surface area contributed by atoms with Gasteiger partial charge in [-0.15, -0.1) is 0 Å². The van der Waals surface area contributed by atoms with Gasteiger partial charge in [0, 0.05) is 5.57 Å². The lowest BCUT2D eigenvalue weighted by molar-refractivity contribution is -0.184. The molecular weight excluding hydrogens is 376 g/mol. The molecule has 7 nitrogen and oxygen atoms in total. The first kappa shape index (κ1) is 21.3. The number of fused-ring (bicyclic) bond motifs is 1. The number of ketones is 2. The third-order valence-corrected chi connectivity index (χ3v) is 5.21. The van der Waals surface area contributed by atoms with Crippen LogP contribution < -0.4 is 0 Å². The summed E-state index contributed by atoms with van der Waals surface area (Å²) in [6, 6.07) is 0. The molecule has 0 spiro atoms. The zero-order valence-electron chi connectivity index (χ0n) is 16.1. The van der Waals surface area contributed by atoms with Crippen LogP contribution in [-0.2, 0) is 19.1 Å². The molecule has 0 aromatic heterocycles. The number of rotatable bonds is 6. The highest BCUT2D eigenvalue weighted by molar-refractivity contribution is 6.10. The molecule has 3 unspecified atom stereocenters. The molecule has 4 atom stereocenters. The molecule has 29 heavy (non-hydrogen) atoms. The van der Waals surface area contributed by atoms with Crippen LogP contribution in [0.4, 0.5) is 0 Å². The van der Waals surface area contributed by atoms with E-state index in [0.717, 1.165) is 0 Å². The Kier molecular flexibility index (Phi) is 5.97. The van der Waals surface area contributed by atoms with Gasteiger partial charge < -0.3 is 24.8 Å². The normalized spacial score (nSPS) is 37.0. The van der Waals surface area contributed by atoms with Crippen LogP contribution in [0, 0.1) is 5.92 Å². The van der Waals surface area contributed by atoms with Crippen molar-refractivity contribution in [1.82, 2.24) is 0 Å². The summed E-state index contributed by atoms with van der Waals surface area (Å²) in [5.74, 6) is -1.51. The number of carbonyl (C=O) groups excluding carboxylic acids is 2. The van der Waals surface area contributed by atoms with Gasteiger partial charge in [-0.3, -0.25) is 9.59 Å². The molecule has 0 aromatic carbocycles. The smallest absolute Gasteiger partial charge is 0.185 e. The van der Waals surface area contributed by atoms with E-state index in [4.69, 9.17) is 9.47 Å². The van der Waals surface area contributed by atoms with Gasteiger partial charge in [0.2, 0.25) is 0 Å². The van der Waals surface area contributed by atoms with Crippen molar-refractivity contribution < 1.29 is 34.4 Å². The minimum absolute atomic E-state index is 0.0262. The van der Waals surface area contributed by atoms with Gasteiger partial charge in [0.05, 0.1) is 25.7 Å². The maximum atomic E-state index is 12.3. The maximum absolute atomic E-state index is 12.3. The highest BCUT2D eigenvalue weighted by Crippen LogP contribution is 2.40. The molecule has 0 saturated carbocycles. The second-order valence-corrected chi connectivity index (χ2v) is 7.20. The average molecular weight is 400 g/mol. The van der Waals surface area contributed by atoms with Crippen molar-refractivity contribution in [2.24, 2.45) is 5.92 Å². The first-order valence-electron chi connectivity index (χ1n) is 9.24. The molecule has 1 fully saturated rings. The SMILES string of the molecule is C=C/C=C1/C(OCC(/C=C/C)=C2/C(=O)C=C[C@]2(O)CO)OCC2(O)C=CC(=O)C12. The van der Waals surface area contributed by atoms with Crippen LogP contribution in [-0.4, -0.2) is 64.2 Å².